The van der Waals surface area contributed by atoms with Crippen LogP contribution in [0.15, 0.2) is 0 Å². The first kappa shape index (κ1) is 8.96. The SMILES string of the molecule is [CH2]C(CC)NCC(C)C. The van der Waals surface area contributed by atoms with E-state index in [0.29, 0.717) is 6.04 Å². The van der Waals surface area contributed by atoms with E-state index in [4.69, 9.17) is 0 Å². The molecule has 0 rings (SSSR count). The van der Waals surface area contributed by atoms with Crippen LogP contribution in [-0.4, -0.2) is 12.6 Å². The third kappa shape index (κ3) is 5.84. The summed E-state index contributed by atoms with van der Waals surface area (Å²) >= 11 is 0. The molecule has 0 saturated carbocycles. The lowest BCUT2D eigenvalue weighted by Crippen LogP contribution is -2.28. The lowest BCUT2D eigenvalue weighted by atomic mass is 10.2. The van der Waals surface area contributed by atoms with E-state index >= 15 is 0 Å². The lowest BCUT2D eigenvalue weighted by molar-refractivity contribution is 0.500. The van der Waals surface area contributed by atoms with Gasteiger partial charge in [0, 0.05) is 6.04 Å². The molecule has 0 heterocycles. The largest absolute Gasteiger partial charge is 0.314 e. The summed E-state index contributed by atoms with van der Waals surface area (Å²) in [5.74, 6) is 0.737. The predicted molar refractivity (Wildman–Crippen MR) is 42.3 cm³/mol. The molecule has 1 nitrogen and oxygen atoms in total. The number of rotatable bonds is 4. The highest BCUT2D eigenvalue weighted by atomic mass is 14.9. The van der Waals surface area contributed by atoms with Crippen molar-refractivity contribution in [3.8, 4) is 0 Å². The smallest absolute Gasteiger partial charge is 0.00651 e. The van der Waals surface area contributed by atoms with E-state index in [1.54, 1.807) is 0 Å². The fraction of sp³-hybridized carbons (Fsp3) is 0.875. The maximum Gasteiger partial charge on any atom is 0.00651 e. The zero-order chi connectivity index (χ0) is 7.28. The van der Waals surface area contributed by atoms with Crippen molar-refractivity contribution < 1.29 is 0 Å². The Labute approximate surface area is 58.8 Å². The molecule has 0 aromatic carbocycles. The average Bonchev–Trinajstić information content (AvgIpc) is 1.83. The van der Waals surface area contributed by atoms with Gasteiger partial charge in [-0.05, 0) is 25.8 Å². The molecule has 55 valence electrons. The minimum Gasteiger partial charge on any atom is -0.314 e. The molecular weight excluding hydrogens is 110 g/mol. The topological polar surface area (TPSA) is 12.0 Å². The Morgan fingerprint density at radius 1 is 1.44 bits per heavy atom. The van der Waals surface area contributed by atoms with Crippen LogP contribution in [0.25, 0.3) is 0 Å². The molecular formula is C8H18N. The number of hydrogen-bond acceptors (Lipinski definition) is 1. The summed E-state index contributed by atoms with van der Waals surface area (Å²) in [6.07, 6.45) is 1.12. The second-order valence-corrected chi connectivity index (χ2v) is 2.91. The zero-order valence-corrected chi connectivity index (χ0v) is 6.78. The molecule has 0 spiro atoms. The Kier molecular flexibility index (Phi) is 4.78. The zero-order valence-electron chi connectivity index (χ0n) is 6.78. The van der Waals surface area contributed by atoms with Crippen molar-refractivity contribution in [2.75, 3.05) is 6.54 Å². The molecule has 0 saturated heterocycles. The predicted octanol–water partition coefficient (Wildman–Crippen LogP) is 1.84. The maximum absolute atomic E-state index is 3.92. The monoisotopic (exact) mass is 128 g/mol. The molecule has 1 heteroatoms. The van der Waals surface area contributed by atoms with E-state index in [0.717, 1.165) is 18.9 Å². The van der Waals surface area contributed by atoms with Gasteiger partial charge in [0.25, 0.3) is 0 Å². The second-order valence-electron chi connectivity index (χ2n) is 2.91. The van der Waals surface area contributed by atoms with Crippen molar-refractivity contribution in [2.24, 2.45) is 5.92 Å². The van der Waals surface area contributed by atoms with E-state index in [-0.39, 0.29) is 0 Å². The van der Waals surface area contributed by atoms with Gasteiger partial charge in [0.15, 0.2) is 0 Å². The highest BCUT2D eigenvalue weighted by Crippen LogP contribution is 1.91. The van der Waals surface area contributed by atoms with Gasteiger partial charge < -0.3 is 5.32 Å². The van der Waals surface area contributed by atoms with Crippen molar-refractivity contribution in [1.82, 2.24) is 5.32 Å². The molecule has 0 bridgehead atoms. The quantitative estimate of drug-likeness (QED) is 0.609. The van der Waals surface area contributed by atoms with E-state index in [1.165, 1.54) is 0 Å². The molecule has 0 amide bonds. The van der Waals surface area contributed by atoms with Gasteiger partial charge in [0.2, 0.25) is 0 Å². The summed E-state index contributed by atoms with van der Waals surface area (Å²) in [6, 6.07) is 0.437. The Balaban J connectivity index is 3.06. The number of nitrogens with one attached hydrogen (secondary N) is 1. The summed E-state index contributed by atoms with van der Waals surface area (Å²) in [5, 5.41) is 3.32. The Hall–Kier alpha value is -0.0400. The summed E-state index contributed by atoms with van der Waals surface area (Å²) < 4.78 is 0. The van der Waals surface area contributed by atoms with Crippen LogP contribution in [0, 0.1) is 12.8 Å². The molecule has 0 aromatic heterocycles. The van der Waals surface area contributed by atoms with Gasteiger partial charge in [-0.2, -0.15) is 0 Å². The molecule has 1 atom stereocenters. The highest BCUT2D eigenvalue weighted by molar-refractivity contribution is 4.66. The van der Waals surface area contributed by atoms with Crippen molar-refractivity contribution in [3.63, 3.8) is 0 Å². The minimum atomic E-state index is 0.437. The summed E-state index contributed by atoms with van der Waals surface area (Å²) in [6.45, 7) is 11.6. The van der Waals surface area contributed by atoms with Crippen LogP contribution in [0.2, 0.25) is 0 Å². The molecule has 0 aliphatic carbocycles. The van der Waals surface area contributed by atoms with Gasteiger partial charge in [-0.1, -0.05) is 20.8 Å². The first-order valence-corrected chi connectivity index (χ1v) is 3.73. The average molecular weight is 128 g/mol. The van der Waals surface area contributed by atoms with E-state index in [9.17, 15) is 0 Å². The highest BCUT2D eigenvalue weighted by Gasteiger charge is 1.97. The van der Waals surface area contributed by atoms with Gasteiger partial charge in [-0.15, -0.1) is 0 Å². The Morgan fingerprint density at radius 2 is 2.00 bits per heavy atom. The van der Waals surface area contributed by atoms with Gasteiger partial charge in [-0.25, -0.2) is 0 Å². The van der Waals surface area contributed by atoms with Crippen molar-refractivity contribution >= 4 is 0 Å². The molecule has 9 heavy (non-hydrogen) atoms. The fourth-order valence-electron chi connectivity index (χ4n) is 0.547. The van der Waals surface area contributed by atoms with E-state index in [1.807, 2.05) is 0 Å². The minimum absolute atomic E-state index is 0.437. The molecule has 0 aromatic rings. The normalized spacial score (nSPS) is 14.3. The van der Waals surface area contributed by atoms with Gasteiger partial charge in [-0.3, -0.25) is 0 Å². The summed E-state index contributed by atoms with van der Waals surface area (Å²) in [5.41, 5.74) is 0. The summed E-state index contributed by atoms with van der Waals surface area (Å²) in [7, 11) is 0. The maximum atomic E-state index is 3.92. The van der Waals surface area contributed by atoms with Crippen molar-refractivity contribution in [3.05, 3.63) is 6.92 Å². The van der Waals surface area contributed by atoms with Gasteiger partial charge in [0.05, 0.1) is 0 Å². The molecule has 0 aliphatic rings. The van der Waals surface area contributed by atoms with Gasteiger partial charge in [0.1, 0.15) is 0 Å². The van der Waals surface area contributed by atoms with Crippen LogP contribution < -0.4 is 5.32 Å². The molecule has 1 N–H and O–H groups in total. The standard InChI is InChI=1S/C8H18N/c1-5-8(4)9-6-7(2)3/h7-9H,4-6H2,1-3H3. The Morgan fingerprint density at radius 3 is 2.33 bits per heavy atom. The van der Waals surface area contributed by atoms with Crippen molar-refractivity contribution in [2.45, 2.75) is 33.2 Å². The molecule has 0 fully saturated rings. The van der Waals surface area contributed by atoms with Crippen LogP contribution in [0.3, 0.4) is 0 Å². The first-order chi connectivity index (χ1) is 4.16. The van der Waals surface area contributed by atoms with Crippen LogP contribution in [0.5, 0.6) is 0 Å². The third-order valence-corrected chi connectivity index (χ3v) is 1.31. The fourth-order valence-corrected chi connectivity index (χ4v) is 0.547. The first-order valence-electron chi connectivity index (χ1n) is 3.73. The van der Waals surface area contributed by atoms with E-state index in [2.05, 4.69) is 33.0 Å². The van der Waals surface area contributed by atoms with Crippen LogP contribution >= 0.6 is 0 Å². The molecule has 1 unspecified atom stereocenters. The Bertz CT molecular complexity index is 59.6. The van der Waals surface area contributed by atoms with Crippen molar-refractivity contribution in [1.29, 1.82) is 0 Å². The van der Waals surface area contributed by atoms with E-state index < -0.39 is 0 Å². The van der Waals surface area contributed by atoms with Crippen LogP contribution in [-0.2, 0) is 0 Å². The molecule has 0 aliphatic heterocycles. The van der Waals surface area contributed by atoms with Gasteiger partial charge >= 0.3 is 0 Å². The lowest BCUT2D eigenvalue weighted by Gasteiger charge is -2.12. The van der Waals surface area contributed by atoms with Crippen LogP contribution in [0.1, 0.15) is 27.2 Å². The van der Waals surface area contributed by atoms with Crippen LogP contribution in [0.4, 0.5) is 0 Å². The number of hydrogen-bond donors (Lipinski definition) is 1. The summed E-state index contributed by atoms with van der Waals surface area (Å²) in [4.78, 5) is 0. The molecule has 1 radical (unpaired) electrons. The third-order valence-electron chi connectivity index (χ3n) is 1.31. The second kappa shape index (κ2) is 4.80.